The number of benzene rings is 1. The Bertz CT molecular complexity index is 568. The first-order valence-corrected chi connectivity index (χ1v) is 7.66. The number of ether oxygens (including phenoxy) is 1. The van der Waals surface area contributed by atoms with Crippen LogP contribution in [0, 0.1) is 0 Å². The van der Waals surface area contributed by atoms with E-state index in [4.69, 9.17) is 10.5 Å². The van der Waals surface area contributed by atoms with Crippen LogP contribution in [0.15, 0.2) is 34.9 Å². The summed E-state index contributed by atoms with van der Waals surface area (Å²) in [5, 5.41) is 4.31. The molecule has 2 aromatic rings. The standard InChI is InChI=1S/C15H20BrN3O/c1-3-8-20-12-7-5-6-11(9-12)14(17)15-13(16)10-18-19(15)4-2/h5-7,9-10,14H,3-4,8,17H2,1-2H3. The average molecular weight is 338 g/mol. The van der Waals surface area contributed by atoms with E-state index in [1.807, 2.05) is 28.9 Å². The zero-order valence-corrected chi connectivity index (χ0v) is 13.4. The van der Waals surface area contributed by atoms with Crippen LogP contribution in [0.2, 0.25) is 0 Å². The summed E-state index contributed by atoms with van der Waals surface area (Å²) >= 11 is 3.52. The lowest BCUT2D eigenvalue weighted by atomic mass is 10.0. The van der Waals surface area contributed by atoms with E-state index < -0.39 is 0 Å². The van der Waals surface area contributed by atoms with Crippen molar-refractivity contribution in [2.75, 3.05) is 6.61 Å². The third-order valence-corrected chi connectivity index (χ3v) is 3.73. The Hall–Kier alpha value is -1.33. The molecule has 0 amide bonds. The van der Waals surface area contributed by atoms with Gasteiger partial charge >= 0.3 is 0 Å². The van der Waals surface area contributed by atoms with Gasteiger partial charge in [0.15, 0.2) is 0 Å². The summed E-state index contributed by atoms with van der Waals surface area (Å²) in [4.78, 5) is 0. The van der Waals surface area contributed by atoms with Gasteiger partial charge in [-0.25, -0.2) is 0 Å². The number of hydrogen-bond donors (Lipinski definition) is 1. The summed E-state index contributed by atoms with van der Waals surface area (Å²) in [5.74, 6) is 0.860. The molecule has 0 saturated heterocycles. The Labute approximate surface area is 128 Å². The van der Waals surface area contributed by atoms with Crippen LogP contribution in [-0.2, 0) is 6.54 Å². The van der Waals surface area contributed by atoms with E-state index in [0.29, 0.717) is 0 Å². The first kappa shape index (κ1) is 15.1. The zero-order valence-electron chi connectivity index (χ0n) is 11.8. The van der Waals surface area contributed by atoms with Gasteiger partial charge in [-0.1, -0.05) is 19.1 Å². The largest absolute Gasteiger partial charge is 0.494 e. The summed E-state index contributed by atoms with van der Waals surface area (Å²) < 4.78 is 8.51. The zero-order chi connectivity index (χ0) is 14.5. The number of aromatic nitrogens is 2. The Kier molecular flexibility index (Phi) is 5.20. The van der Waals surface area contributed by atoms with E-state index in [2.05, 4.69) is 34.9 Å². The molecule has 0 spiro atoms. The van der Waals surface area contributed by atoms with E-state index in [9.17, 15) is 0 Å². The fourth-order valence-corrected chi connectivity index (χ4v) is 2.65. The van der Waals surface area contributed by atoms with Crippen LogP contribution in [0.3, 0.4) is 0 Å². The summed E-state index contributed by atoms with van der Waals surface area (Å²) in [7, 11) is 0. The summed E-state index contributed by atoms with van der Waals surface area (Å²) in [6.07, 6.45) is 2.78. The van der Waals surface area contributed by atoms with Gasteiger partial charge in [0.05, 0.1) is 29.0 Å². The molecule has 0 aliphatic carbocycles. The van der Waals surface area contributed by atoms with Gasteiger partial charge in [-0.15, -0.1) is 0 Å². The highest BCUT2D eigenvalue weighted by atomic mass is 79.9. The summed E-state index contributed by atoms with van der Waals surface area (Å²) in [6, 6.07) is 7.72. The molecule has 1 aromatic heterocycles. The Morgan fingerprint density at radius 1 is 1.40 bits per heavy atom. The molecule has 1 unspecified atom stereocenters. The molecule has 1 aromatic carbocycles. The maximum absolute atomic E-state index is 6.39. The fraction of sp³-hybridized carbons (Fsp3) is 0.400. The topological polar surface area (TPSA) is 53.1 Å². The van der Waals surface area contributed by atoms with Gasteiger partial charge in [-0.3, -0.25) is 4.68 Å². The third kappa shape index (κ3) is 3.22. The van der Waals surface area contributed by atoms with E-state index in [1.54, 1.807) is 6.20 Å². The molecule has 2 rings (SSSR count). The molecular weight excluding hydrogens is 318 g/mol. The van der Waals surface area contributed by atoms with Crippen molar-refractivity contribution in [2.45, 2.75) is 32.9 Å². The van der Waals surface area contributed by atoms with Gasteiger partial charge in [-0.05, 0) is 47.0 Å². The second kappa shape index (κ2) is 6.90. The van der Waals surface area contributed by atoms with E-state index in [1.165, 1.54) is 0 Å². The molecule has 0 aliphatic heterocycles. The molecule has 5 heteroatoms. The predicted molar refractivity (Wildman–Crippen MR) is 83.9 cm³/mol. The highest BCUT2D eigenvalue weighted by Crippen LogP contribution is 2.28. The summed E-state index contributed by atoms with van der Waals surface area (Å²) in [6.45, 7) is 5.65. The lowest BCUT2D eigenvalue weighted by molar-refractivity contribution is 0.317. The molecule has 2 N–H and O–H groups in total. The SMILES string of the molecule is CCCOc1cccc(C(N)c2c(Br)cnn2CC)c1. The van der Waals surface area contributed by atoms with Crippen molar-refractivity contribution in [2.24, 2.45) is 5.73 Å². The predicted octanol–water partition coefficient (Wildman–Crippen LogP) is 3.50. The third-order valence-electron chi connectivity index (χ3n) is 3.12. The smallest absolute Gasteiger partial charge is 0.119 e. The molecule has 0 aliphatic rings. The molecule has 0 radical (unpaired) electrons. The van der Waals surface area contributed by atoms with Crippen LogP contribution in [0.5, 0.6) is 5.75 Å². The number of nitrogens with zero attached hydrogens (tertiary/aromatic N) is 2. The minimum absolute atomic E-state index is 0.225. The molecule has 0 fully saturated rings. The second-order valence-electron chi connectivity index (χ2n) is 4.59. The van der Waals surface area contributed by atoms with Crippen molar-refractivity contribution in [1.82, 2.24) is 9.78 Å². The Morgan fingerprint density at radius 2 is 2.20 bits per heavy atom. The lowest BCUT2D eigenvalue weighted by Gasteiger charge is -2.16. The molecule has 1 heterocycles. The monoisotopic (exact) mass is 337 g/mol. The number of nitrogens with two attached hydrogens (primary N) is 1. The van der Waals surface area contributed by atoms with Gasteiger partial charge in [0.1, 0.15) is 5.75 Å². The molecule has 0 saturated carbocycles. The fourth-order valence-electron chi connectivity index (χ4n) is 2.11. The van der Waals surface area contributed by atoms with Gasteiger partial charge < -0.3 is 10.5 Å². The van der Waals surface area contributed by atoms with Crippen molar-refractivity contribution < 1.29 is 4.74 Å². The van der Waals surface area contributed by atoms with E-state index >= 15 is 0 Å². The minimum Gasteiger partial charge on any atom is -0.494 e. The van der Waals surface area contributed by atoms with E-state index in [-0.39, 0.29) is 6.04 Å². The normalized spacial score (nSPS) is 12.4. The molecular formula is C15H20BrN3O. The second-order valence-corrected chi connectivity index (χ2v) is 5.45. The number of aryl methyl sites for hydroxylation is 1. The highest BCUT2D eigenvalue weighted by Gasteiger charge is 2.18. The van der Waals surface area contributed by atoms with Gasteiger partial charge in [0.2, 0.25) is 0 Å². The number of hydrogen-bond acceptors (Lipinski definition) is 3. The van der Waals surface area contributed by atoms with Crippen molar-refractivity contribution >= 4 is 15.9 Å². The van der Waals surface area contributed by atoms with Crippen molar-refractivity contribution in [3.8, 4) is 5.75 Å². The Balaban J connectivity index is 2.28. The first-order chi connectivity index (χ1) is 9.67. The molecule has 0 bridgehead atoms. The quantitative estimate of drug-likeness (QED) is 0.877. The van der Waals surface area contributed by atoms with Gasteiger partial charge in [0, 0.05) is 6.54 Å². The van der Waals surface area contributed by atoms with Gasteiger partial charge in [-0.2, -0.15) is 5.10 Å². The maximum atomic E-state index is 6.39. The molecule has 20 heavy (non-hydrogen) atoms. The molecule has 4 nitrogen and oxygen atoms in total. The Morgan fingerprint density at radius 3 is 2.90 bits per heavy atom. The molecule has 1 atom stereocenters. The summed E-state index contributed by atoms with van der Waals surface area (Å²) in [5.41, 5.74) is 8.40. The maximum Gasteiger partial charge on any atom is 0.119 e. The van der Waals surface area contributed by atoms with Crippen LogP contribution in [-0.4, -0.2) is 16.4 Å². The first-order valence-electron chi connectivity index (χ1n) is 6.86. The average Bonchev–Trinajstić information content (AvgIpc) is 2.85. The number of rotatable bonds is 6. The van der Waals surface area contributed by atoms with Crippen molar-refractivity contribution in [1.29, 1.82) is 0 Å². The minimum atomic E-state index is -0.225. The van der Waals surface area contributed by atoms with Crippen LogP contribution >= 0.6 is 15.9 Å². The highest BCUT2D eigenvalue weighted by molar-refractivity contribution is 9.10. The lowest BCUT2D eigenvalue weighted by Crippen LogP contribution is -2.17. The van der Waals surface area contributed by atoms with Crippen LogP contribution in [0.25, 0.3) is 0 Å². The van der Waals surface area contributed by atoms with Crippen LogP contribution < -0.4 is 10.5 Å². The van der Waals surface area contributed by atoms with Crippen molar-refractivity contribution in [3.05, 3.63) is 46.2 Å². The van der Waals surface area contributed by atoms with E-state index in [0.717, 1.165) is 41.1 Å². The van der Waals surface area contributed by atoms with Crippen LogP contribution in [0.4, 0.5) is 0 Å². The van der Waals surface area contributed by atoms with Crippen molar-refractivity contribution in [3.63, 3.8) is 0 Å². The van der Waals surface area contributed by atoms with Gasteiger partial charge in [0.25, 0.3) is 0 Å². The number of halogens is 1. The van der Waals surface area contributed by atoms with Crippen LogP contribution in [0.1, 0.15) is 37.6 Å². The molecule has 108 valence electrons.